The highest BCUT2D eigenvalue weighted by Gasteiger charge is 2.34. The minimum atomic E-state index is -0.463. The topological polar surface area (TPSA) is 73.7 Å². The fourth-order valence-electron chi connectivity index (χ4n) is 5.23. The number of allylic oxidation sites excluding steroid dienone is 1. The Balaban J connectivity index is 1.60. The Kier molecular flexibility index (Phi) is 9.19. The summed E-state index contributed by atoms with van der Waals surface area (Å²) in [6.07, 6.45) is 12.1. The van der Waals surface area contributed by atoms with Crippen LogP contribution >= 0.6 is 0 Å². The molecule has 0 radical (unpaired) electrons. The SMILES string of the molecule is CCOC(=O)c1cn(-c2ccc(C=CC3CCOCC3)cc2)nc1N(C(=O)[C@H]1CC[C@H](C)CC1)C(C)C. The Morgan fingerprint density at radius 2 is 1.78 bits per heavy atom. The van der Waals surface area contributed by atoms with Gasteiger partial charge in [-0.25, -0.2) is 9.48 Å². The maximum absolute atomic E-state index is 13.7. The Hall–Kier alpha value is -2.93. The summed E-state index contributed by atoms with van der Waals surface area (Å²) in [6, 6.07) is 7.93. The molecular formula is C30H41N3O4. The van der Waals surface area contributed by atoms with Crippen LogP contribution in [0.1, 0.15) is 82.1 Å². The molecule has 0 spiro atoms. The molecule has 0 bridgehead atoms. The first-order valence-electron chi connectivity index (χ1n) is 13.8. The molecular weight excluding hydrogens is 466 g/mol. The Morgan fingerprint density at radius 3 is 2.41 bits per heavy atom. The van der Waals surface area contributed by atoms with E-state index in [2.05, 4.69) is 19.1 Å². The first-order chi connectivity index (χ1) is 17.9. The third kappa shape index (κ3) is 6.69. The molecule has 0 unspecified atom stereocenters. The first kappa shape index (κ1) is 27.1. The van der Waals surface area contributed by atoms with E-state index in [0.29, 0.717) is 23.2 Å². The van der Waals surface area contributed by atoms with Crippen molar-refractivity contribution >= 4 is 23.8 Å². The summed E-state index contributed by atoms with van der Waals surface area (Å²) in [7, 11) is 0. The predicted octanol–water partition coefficient (Wildman–Crippen LogP) is 6.06. The van der Waals surface area contributed by atoms with Crippen LogP contribution in [0.3, 0.4) is 0 Å². The van der Waals surface area contributed by atoms with E-state index in [4.69, 9.17) is 14.6 Å². The van der Waals surface area contributed by atoms with Gasteiger partial charge in [0.1, 0.15) is 5.56 Å². The van der Waals surface area contributed by atoms with Crippen LogP contribution in [-0.4, -0.2) is 47.5 Å². The van der Waals surface area contributed by atoms with Crippen molar-refractivity contribution in [1.82, 2.24) is 9.78 Å². The average molecular weight is 508 g/mol. The lowest BCUT2D eigenvalue weighted by molar-refractivity contribution is -0.124. The highest BCUT2D eigenvalue weighted by atomic mass is 16.5. The molecule has 1 aromatic carbocycles. The van der Waals surface area contributed by atoms with Crippen molar-refractivity contribution in [3.05, 3.63) is 47.7 Å². The van der Waals surface area contributed by atoms with Crippen LogP contribution < -0.4 is 4.90 Å². The van der Waals surface area contributed by atoms with E-state index in [1.165, 1.54) is 0 Å². The molecule has 2 aliphatic rings. The van der Waals surface area contributed by atoms with Gasteiger partial charge < -0.3 is 9.47 Å². The van der Waals surface area contributed by atoms with Gasteiger partial charge in [0.15, 0.2) is 5.82 Å². The molecule has 0 N–H and O–H groups in total. The van der Waals surface area contributed by atoms with Gasteiger partial charge in [-0.3, -0.25) is 9.69 Å². The average Bonchev–Trinajstić information content (AvgIpc) is 3.33. The number of benzene rings is 1. The lowest BCUT2D eigenvalue weighted by Gasteiger charge is -2.32. The minimum absolute atomic E-state index is 0.0411. The van der Waals surface area contributed by atoms with Gasteiger partial charge in [-0.1, -0.05) is 31.2 Å². The summed E-state index contributed by atoms with van der Waals surface area (Å²) in [5.74, 6) is 1.13. The second kappa shape index (κ2) is 12.5. The number of hydrogen-bond acceptors (Lipinski definition) is 5. The molecule has 2 fully saturated rings. The van der Waals surface area contributed by atoms with Crippen molar-refractivity contribution in [1.29, 1.82) is 0 Å². The Morgan fingerprint density at radius 1 is 1.11 bits per heavy atom. The number of hydrogen-bond donors (Lipinski definition) is 0. The summed E-state index contributed by atoms with van der Waals surface area (Å²) in [5.41, 5.74) is 2.25. The number of carbonyl (C=O) groups excluding carboxylic acids is 2. The molecule has 200 valence electrons. The number of aromatic nitrogens is 2. The van der Waals surface area contributed by atoms with Gasteiger partial charge in [-0.15, -0.1) is 5.10 Å². The van der Waals surface area contributed by atoms with E-state index in [1.54, 1.807) is 22.7 Å². The van der Waals surface area contributed by atoms with E-state index in [9.17, 15) is 9.59 Å². The van der Waals surface area contributed by atoms with Crippen molar-refractivity contribution in [2.75, 3.05) is 24.7 Å². The van der Waals surface area contributed by atoms with Crippen molar-refractivity contribution < 1.29 is 19.1 Å². The summed E-state index contributed by atoms with van der Waals surface area (Å²) in [6.45, 7) is 9.88. The van der Waals surface area contributed by atoms with Crippen molar-refractivity contribution in [2.24, 2.45) is 17.8 Å². The van der Waals surface area contributed by atoms with Crippen LogP contribution in [0, 0.1) is 17.8 Å². The van der Waals surface area contributed by atoms with E-state index in [0.717, 1.165) is 63.0 Å². The zero-order valence-corrected chi connectivity index (χ0v) is 22.7. The normalized spacial score (nSPS) is 20.9. The molecule has 2 heterocycles. The van der Waals surface area contributed by atoms with Gasteiger partial charge >= 0.3 is 5.97 Å². The molecule has 1 saturated carbocycles. The third-order valence-electron chi connectivity index (χ3n) is 7.52. The van der Waals surface area contributed by atoms with Gasteiger partial charge in [0.25, 0.3) is 0 Å². The highest BCUT2D eigenvalue weighted by molar-refractivity contribution is 6.02. The van der Waals surface area contributed by atoms with Gasteiger partial charge in [0.05, 0.1) is 12.3 Å². The number of ether oxygens (including phenoxy) is 2. The summed E-state index contributed by atoms with van der Waals surface area (Å²) >= 11 is 0. The number of rotatable bonds is 8. The second-order valence-electron chi connectivity index (χ2n) is 10.7. The largest absolute Gasteiger partial charge is 0.462 e. The van der Waals surface area contributed by atoms with E-state index < -0.39 is 5.97 Å². The lowest BCUT2D eigenvalue weighted by Crippen LogP contribution is -2.43. The number of carbonyl (C=O) groups is 2. The standard InChI is InChI=1S/C30H41N3O4/c1-5-37-30(35)27-20-32(26-14-10-23(11-15-26)8-9-24-16-18-36-19-17-24)31-28(27)33(21(2)3)29(34)25-12-6-22(4)7-13-25/h8-11,14-15,20-22,24-25H,5-7,12-13,16-19H2,1-4H3/t22-,25-. The van der Waals surface area contributed by atoms with Crippen molar-refractivity contribution in [3.63, 3.8) is 0 Å². The first-order valence-corrected chi connectivity index (χ1v) is 13.8. The fraction of sp³-hybridized carbons (Fsp3) is 0.567. The molecule has 1 amide bonds. The zero-order valence-electron chi connectivity index (χ0n) is 22.7. The Bertz CT molecular complexity index is 1070. The van der Waals surface area contributed by atoms with Crippen LogP contribution in [-0.2, 0) is 14.3 Å². The highest BCUT2D eigenvalue weighted by Crippen LogP contribution is 2.33. The van der Waals surface area contributed by atoms with Gasteiger partial charge in [-0.2, -0.15) is 0 Å². The third-order valence-corrected chi connectivity index (χ3v) is 7.52. The quantitative estimate of drug-likeness (QED) is 0.406. The Labute approximate surface area is 220 Å². The molecule has 1 aromatic heterocycles. The summed E-state index contributed by atoms with van der Waals surface area (Å²) in [5, 5.41) is 4.77. The molecule has 1 aliphatic carbocycles. The van der Waals surface area contributed by atoms with Crippen LogP contribution in [0.25, 0.3) is 11.8 Å². The molecule has 4 rings (SSSR count). The van der Waals surface area contributed by atoms with E-state index >= 15 is 0 Å². The summed E-state index contributed by atoms with van der Waals surface area (Å²) in [4.78, 5) is 28.3. The van der Waals surface area contributed by atoms with Crippen LogP contribution in [0.4, 0.5) is 5.82 Å². The fourth-order valence-corrected chi connectivity index (χ4v) is 5.23. The monoisotopic (exact) mass is 507 g/mol. The predicted molar refractivity (Wildman–Crippen MR) is 146 cm³/mol. The number of esters is 1. The molecule has 2 aromatic rings. The minimum Gasteiger partial charge on any atom is -0.462 e. The maximum atomic E-state index is 13.7. The van der Waals surface area contributed by atoms with Crippen molar-refractivity contribution in [2.45, 2.75) is 72.3 Å². The summed E-state index contributed by atoms with van der Waals surface area (Å²) < 4.78 is 12.5. The number of amides is 1. The molecule has 1 saturated heterocycles. The maximum Gasteiger partial charge on any atom is 0.343 e. The second-order valence-corrected chi connectivity index (χ2v) is 10.7. The molecule has 7 heteroatoms. The van der Waals surface area contributed by atoms with Gasteiger partial charge in [-0.05, 0) is 88.8 Å². The van der Waals surface area contributed by atoms with Crippen LogP contribution in [0.2, 0.25) is 0 Å². The van der Waals surface area contributed by atoms with Crippen LogP contribution in [0.5, 0.6) is 0 Å². The van der Waals surface area contributed by atoms with E-state index in [1.807, 2.05) is 38.1 Å². The zero-order chi connectivity index (χ0) is 26.4. The molecule has 0 atom stereocenters. The lowest BCUT2D eigenvalue weighted by atomic mass is 9.82. The van der Waals surface area contributed by atoms with Gasteiger partial charge in [0.2, 0.25) is 5.91 Å². The van der Waals surface area contributed by atoms with Crippen molar-refractivity contribution in [3.8, 4) is 5.69 Å². The number of anilines is 1. The number of nitrogens with zero attached hydrogens (tertiary/aromatic N) is 3. The molecule has 37 heavy (non-hydrogen) atoms. The van der Waals surface area contributed by atoms with E-state index in [-0.39, 0.29) is 24.5 Å². The van der Waals surface area contributed by atoms with Gasteiger partial charge in [0, 0.05) is 31.4 Å². The smallest absolute Gasteiger partial charge is 0.343 e. The molecule has 7 nitrogen and oxygen atoms in total. The molecule has 1 aliphatic heterocycles. The van der Waals surface area contributed by atoms with Crippen LogP contribution in [0.15, 0.2) is 36.5 Å².